The number of unbranched alkanes of at least 4 members (excludes halogenated alkanes) is 6. The maximum absolute atomic E-state index is 4.71. The first-order valence-corrected chi connectivity index (χ1v) is 14.3. The summed E-state index contributed by atoms with van der Waals surface area (Å²) in [4.78, 5) is 4.08. The van der Waals surface area contributed by atoms with Gasteiger partial charge in [-0.1, -0.05) is 90.2 Å². The third-order valence-corrected chi connectivity index (χ3v) is 9.00. The Bertz CT molecular complexity index is 673. The fraction of sp³-hybridized carbons (Fsp3) is 0.767. The molecular formula is C30H47NS. The summed E-state index contributed by atoms with van der Waals surface area (Å²) in [7, 11) is 0. The molecule has 1 atom stereocenters. The molecule has 0 amide bonds. The Morgan fingerprint density at radius 1 is 0.812 bits per heavy atom. The van der Waals surface area contributed by atoms with Crippen LogP contribution >= 0.6 is 12.2 Å². The number of thiocarbonyl (C=S) groups is 1. The SMILES string of the molecule is CCCCCCCCCC1CCC(C(C)C2CCC(c3ccc(N=C=S)cc3)CC2)CC1. The molecule has 0 spiro atoms. The topological polar surface area (TPSA) is 12.4 Å². The van der Waals surface area contributed by atoms with Crippen molar-refractivity contribution in [3.05, 3.63) is 29.8 Å². The minimum Gasteiger partial charge on any atom is -0.195 e. The van der Waals surface area contributed by atoms with Crippen molar-refractivity contribution in [2.75, 3.05) is 0 Å². The van der Waals surface area contributed by atoms with Gasteiger partial charge >= 0.3 is 0 Å². The average molecular weight is 454 g/mol. The monoisotopic (exact) mass is 453 g/mol. The lowest BCUT2D eigenvalue weighted by atomic mass is 9.66. The highest BCUT2D eigenvalue weighted by Crippen LogP contribution is 2.45. The zero-order valence-corrected chi connectivity index (χ0v) is 21.7. The molecule has 1 nitrogen and oxygen atoms in total. The van der Waals surface area contributed by atoms with Crippen molar-refractivity contribution in [2.24, 2.45) is 28.7 Å². The van der Waals surface area contributed by atoms with Crippen molar-refractivity contribution in [3.63, 3.8) is 0 Å². The highest BCUT2D eigenvalue weighted by Gasteiger charge is 2.32. The van der Waals surface area contributed by atoms with Gasteiger partial charge in [-0.05, 0) is 98.0 Å². The Hall–Kier alpha value is -0.980. The Kier molecular flexibility index (Phi) is 11.5. The fourth-order valence-electron chi connectivity index (χ4n) is 6.63. The molecule has 1 aromatic carbocycles. The van der Waals surface area contributed by atoms with E-state index in [1.54, 1.807) is 0 Å². The minimum atomic E-state index is 0.738. The lowest BCUT2D eigenvalue weighted by molar-refractivity contribution is 0.131. The molecule has 0 radical (unpaired) electrons. The molecule has 178 valence electrons. The van der Waals surface area contributed by atoms with Crippen molar-refractivity contribution >= 4 is 23.1 Å². The molecule has 2 fully saturated rings. The van der Waals surface area contributed by atoms with Crippen LogP contribution in [0.25, 0.3) is 0 Å². The standard InChI is InChI=1S/C30H47NS/c1-3-4-5-6-7-8-9-10-25-11-13-26(14-12-25)24(2)27-15-17-28(18-16-27)29-19-21-30(22-20-29)31-23-32/h19-22,24-28H,3-18H2,1-2H3. The third kappa shape index (κ3) is 8.11. The highest BCUT2D eigenvalue weighted by molar-refractivity contribution is 7.78. The Labute approximate surface area is 203 Å². The summed E-state index contributed by atoms with van der Waals surface area (Å²) in [5.41, 5.74) is 2.42. The number of rotatable bonds is 12. The van der Waals surface area contributed by atoms with Crippen LogP contribution in [-0.2, 0) is 0 Å². The highest BCUT2D eigenvalue weighted by atomic mass is 32.1. The van der Waals surface area contributed by atoms with Gasteiger partial charge in [0.15, 0.2) is 0 Å². The molecule has 2 aliphatic carbocycles. The molecule has 2 aliphatic rings. The van der Waals surface area contributed by atoms with E-state index in [0.717, 1.165) is 35.3 Å². The smallest absolute Gasteiger partial charge is 0.0739 e. The zero-order chi connectivity index (χ0) is 22.6. The maximum atomic E-state index is 4.71. The molecule has 1 aromatic rings. The molecule has 3 rings (SSSR count). The normalized spacial score (nSPS) is 26.9. The molecular weight excluding hydrogens is 406 g/mol. The molecule has 2 saturated carbocycles. The van der Waals surface area contributed by atoms with Crippen molar-refractivity contribution in [2.45, 2.75) is 122 Å². The van der Waals surface area contributed by atoms with E-state index in [1.165, 1.54) is 108 Å². The van der Waals surface area contributed by atoms with Crippen molar-refractivity contribution in [1.29, 1.82) is 0 Å². The van der Waals surface area contributed by atoms with Crippen molar-refractivity contribution in [1.82, 2.24) is 0 Å². The number of benzene rings is 1. The largest absolute Gasteiger partial charge is 0.195 e. The van der Waals surface area contributed by atoms with Crippen molar-refractivity contribution in [3.8, 4) is 0 Å². The Balaban J connectivity index is 1.32. The molecule has 0 bridgehead atoms. The molecule has 0 aliphatic heterocycles. The molecule has 0 heterocycles. The first kappa shape index (κ1) is 25.6. The minimum absolute atomic E-state index is 0.738. The Morgan fingerprint density at radius 3 is 1.97 bits per heavy atom. The second-order valence-electron chi connectivity index (χ2n) is 11.0. The molecule has 0 saturated heterocycles. The second-order valence-corrected chi connectivity index (χ2v) is 11.1. The summed E-state index contributed by atoms with van der Waals surface area (Å²) in [6, 6.07) is 8.70. The molecule has 0 N–H and O–H groups in total. The average Bonchev–Trinajstić information content (AvgIpc) is 2.84. The van der Waals surface area contributed by atoms with Crippen LogP contribution in [-0.4, -0.2) is 5.16 Å². The molecule has 32 heavy (non-hydrogen) atoms. The lowest BCUT2D eigenvalue weighted by Gasteiger charge is -2.39. The van der Waals surface area contributed by atoms with Crippen molar-refractivity contribution < 1.29 is 0 Å². The van der Waals surface area contributed by atoms with Crippen LogP contribution in [0.4, 0.5) is 5.69 Å². The predicted molar refractivity (Wildman–Crippen MR) is 143 cm³/mol. The van der Waals surface area contributed by atoms with Crippen LogP contribution in [0.15, 0.2) is 29.3 Å². The maximum Gasteiger partial charge on any atom is 0.0739 e. The number of hydrogen-bond acceptors (Lipinski definition) is 2. The second kappa shape index (κ2) is 14.3. The van der Waals surface area contributed by atoms with E-state index >= 15 is 0 Å². The van der Waals surface area contributed by atoms with E-state index in [4.69, 9.17) is 12.2 Å². The molecule has 0 aromatic heterocycles. The molecule has 1 unspecified atom stereocenters. The van der Waals surface area contributed by atoms with Crippen LogP contribution in [0.1, 0.15) is 128 Å². The van der Waals surface area contributed by atoms with Gasteiger partial charge in [0, 0.05) is 0 Å². The zero-order valence-electron chi connectivity index (χ0n) is 20.9. The fourth-order valence-corrected chi connectivity index (χ4v) is 6.74. The number of nitrogens with zero attached hydrogens (tertiary/aromatic N) is 1. The van der Waals surface area contributed by atoms with E-state index in [2.05, 4.69) is 48.3 Å². The van der Waals surface area contributed by atoms with Gasteiger partial charge in [0.1, 0.15) is 0 Å². The van der Waals surface area contributed by atoms with Gasteiger partial charge in [-0.15, -0.1) is 0 Å². The van der Waals surface area contributed by atoms with E-state index in [9.17, 15) is 0 Å². The summed E-state index contributed by atoms with van der Waals surface area (Å²) in [5.74, 6) is 4.65. The van der Waals surface area contributed by atoms with Crippen LogP contribution < -0.4 is 0 Å². The summed E-state index contributed by atoms with van der Waals surface area (Å²) in [6.45, 7) is 4.90. The van der Waals surface area contributed by atoms with Gasteiger partial charge in [-0.25, -0.2) is 0 Å². The number of aliphatic imine (C=N–C) groups is 1. The number of isothiocyanates is 1. The summed E-state index contributed by atoms with van der Waals surface area (Å²) in [5, 5.41) is 2.46. The van der Waals surface area contributed by atoms with Gasteiger partial charge < -0.3 is 0 Å². The van der Waals surface area contributed by atoms with Crippen LogP contribution in [0.2, 0.25) is 0 Å². The summed E-state index contributed by atoms with van der Waals surface area (Å²) < 4.78 is 0. The molecule has 2 heteroatoms. The first-order valence-electron chi connectivity index (χ1n) is 13.9. The van der Waals surface area contributed by atoms with E-state index < -0.39 is 0 Å². The van der Waals surface area contributed by atoms with E-state index in [-0.39, 0.29) is 0 Å². The van der Waals surface area contributed by atoms with Gasteiger partial charge in [0.2, 0.25) is 0 Å². The summed E-state index contributed by atoms with van der Waals surface area (Å²) in [6.07, 6.45) is 23.3. The van der Waals surface area contributed by atoms with Crippen LogP contribution in [0.3, 0.4) is 0 Å². The van der Waals surface area contributed by atoms with Crippen LogP contribution in [0, 0.1) is 23.7 Å². The Morgan fingerprint density at radius 2 is 1.38 bits per heavy atom. The first-order chi connectivity index (χ1) is 15.7. The van der Waals surface area contributed by atoms with E-state index in [1.807, 2.05) is 0 Å². The van der Waals surface area contributed by atoms with Gasteiger partial charge in [0.05, 0.1) is 10.8 Å². The lowest BCUT2D eigenvalue weighted by Crippen LogP contribution is -2.28. The van der Waals surface area contributed by atoms with Crippen LogP contribution in [0.5, 0.6) is 0 Å². The van der Waals surface area contributed by atoms with Gasteiger partial charge in [-0.2, -0.15) is 4.99 Å². The third-order valence-electron chi connectivity index (χ3n) is 8.91. The van der Waals surface area contributed by atoms with E-state index in [0.29, 0.717) is 0 Å². The quantitative estimate of drug-likeness (QED) is 0.174. The van der Waals surface area contributed by atoms with Gasteiger partial charge in [-0.3, -0.25) is 0 Å². The summed E-state index contributed by atoms with van der Waals surface area (Å²) >= 11 is 4.71. The van der Waals surface area contributed by atoms with Gasteiger partial charge in [0.25, 0.3) is 0 Å². The number of hydrogen-bond donors (Lipinski definition) is 0. The predicted octanol–water partition coefficient (Wildman–Crippen LogP) is 10.3.